The van der Waals surface area contributed by atoms with Gasteiger partial charge in [-0.05, 0) is 30.3 Å². The van der Waals surface area contributed by atoms with E-state index in [-0.39, 0.29) is 5.76 Å². The number of furan rings is 1. The van der Waals surface area contributed by atoms with Gasteiger partial charge < -0.3 is 18.6 Å². The molecule has 1 N–H and O–H groups in total. The third-order valence-electron chi connectivity index (χ3n) is 3.76. The summed E-state index contributed by atoms with van der Waals surface area (Å²) in [4.78, 5) is 12.3. The molecule has 1 heterocycles. The van der Waals surface area contributed by atoms with Crippen molar-refractivity contribution in [1.82, 2.24) is 5.43 Å². The van der Waals surface area contributed by atoms with Gasteiger partial charge in [0, 0.05) is 10.9 Å². The maximum atomic E-state index is 12.3. The number of hydrogen-bond donors (Lipinski definition) is 1. The third kappa shape index (κ3) is 3.46. The van der Waals surface area contributed by atoms with E-state index in [0.717, 1.165) is 5.39 Å². The molecular weight excluding hydrogens is 336 g/mol. The van der Waals surface area contributed by atoms with Gasteiger partial charge in [-0.1, -0.05) is 12.1 Å². The standard InChI is InChI=1S/C19H18N2O5/c1-23-14-7-8-15(24-2)13(9-14)11-20-21-19(22)17-10-12-5-4-6-16(25-3)18(12)26-17/h4-11H,1-3H3,(H,21,22)/b20-11-. The fraction of sp³-hybridized carbons (Fsp3) is 0.158. The highest BCUT2D eigenvalue weighted by Gasteiger charge is 2.14. The first-order valence-corrected chi connectivity index (χ1v) is 7.78. The Hall–Kier alpha value is -3.48. The largest absolute Gasteiger partial charge is 0.497 e. The van der Waals surface area contributed by atoms with Crippen LogP contribution in [0.4, 0.5) is 0 Å². The van der Waals surface area contributed by atoms with Gasteiger partial charge in [-0.2, -0.15) is 5.10 Å². The summed E-state index contributed by atoms with van der Waals surface area (Å²) < 4.78 is 21.2. The quantitative estimate of drug-likeness (QED) is 0.543. The van der Waals surface area contributed by atoms with Gasteiger partial charge in [-0.15, -0.1) is 0 Å². The molecule has 1 aromatic heterocycles. The molecule has 0 unspecified atom stereocenters. The molecule has 0 bridgehead atoms. The number of amides is 1. The van der Waals surface area contributed by atoms with E-state index in [4.69, 9.17) is 18.6 Å². The Labute approximate surface area is 150 Å². The summed E-state index contributed by atoms with van der Waals surface area (Å²) >= 11 is 0. The Morgan fingerprint density at radius 2 is 1.85 bits per heavy atom. The second-order valence-corrected chi connectivity index (χ2v) is 5.30. The number of rotatable bonds is 6. The van der Waals surface area contributed by atoms with Crippen molar-refractivity contribution in [3.05, 3.63) is 53.8 Å². The average Bonchev–Trinajstić information content (AvgIpc) is 3.12. The molecule has 0 atom stereocenters. The molecule has 0 aliphatic carbocycles. The topological polar surface area (TPSA) is 82.3 Å². The van der Waals surface area contributed by atoms with Crippen molar-refractivity contribution in [3.8, 4) is 17.2 Å². The van der Waals surface area contributed by atoms with Gasteiger partial charge in [0.1, 0.15) is 11.5 Å². The highest BCUT2D eigenvalue weighted by Crippen LogP contribution is 2.28. The van der Waals surface area contributed by atoms with Gasteiger partial charge >= 0.3 is 5.91 Å². The molecule has 26 heavy (non-hydrogen) atoms. The predicted octanol–water partition coefficient (Wildman–Crippen LogP) is 3.22. The molecule has 0 radical (unpaired) electrons. The fourth-order valence-electron chi connectivity index (χ4n) is 2.46. The van der Waals surface area contributed by atoms with Crippen molar-refractivity contribution in [1.29, 1.82) is 0 Å². The number of carbonyl (C=O) groups excluding carboxylic acids is 1. The number of nitrogens with zero attached hydrogens (tertiary/aromatic N) is 1. The van der Waals surface area contributed by atoms with Crippen molar-refractivity contribution in [2.75, 3.05) is 21.3 Å². The molecule has 7 nitrogen and oxygen atoms in total. The summed E-state index contributed by atoms with van der Waals surface area (Å²) in [5.74, 6) is 1.49. The van der Waals surface area contributed by atoms with E-state index in [1.165, 1.54) is 6.21 Å². The van der Waals surface area contributed by atoms with Gasteiger partial charge in [-0.3, -0.25) is 4.79 Å². The molecule has 0 aliphatic heterocycles. The second kappa shape index (κ2) is 7.60. The molecule has 0 aliphatic rings. The highest BCUT2D eigenvalue weighted by atomic mass is 16.5. The highest BCUT2D eigenvalue weighted by molar-refractivity contribution is 5.97. The lowest BCUT2D eigenvalue weighted by Crippen LogP contribution is -2.16. The van der Waals surface area contributed by atoms with Gasteiger partial charge in [0.25, 0.3) is 0 Å². The summed E-state index contributed by atoms with van der Waals surface area (Å²) in [6, 6.07) is 12.3. The Kier molecular flexibility index (Phi) is 5.07. The number of benzene rings is 2. The van der Waals surface area contributed by atoms with Crippen LogP contribution in [-0.2, 0) is 0 Å². The van der Waals surface area contributed by atoms with Crippen LogP contribution < -0.4 is 19.6 Å². The Balaban J connectivity index is 1.78. The SMILES string of the molecule is COc1ccc(OC)c(/C=N\NC(=O)c2cc3cccc(OC)c3o2)c1. The maximum absolute atomic E-state index is 12.3. The summed E-state index contributed by atoms with van der Waals surface area (Å²) in [6.45, 7) is 0. The average molecular weight is 354 g/mol. The summed E-state index contributed by atoms with van der Waals surface area (Å²) in [6.07, 6.45) is 1.47. The van der Waals surface area contributed by atoms with Crippen LogP contribution >= 0.6 is 0 Å². The van der Waals surface area contributed by atoms with Gasteiger partial charge in [0.05, 0.1) is 27.5 Å². The molecule has 134 valence electrons. The number of hydrogen-bond acceptors (Lipinski definition) is 6. The summed E-state index contributed by atoms with van der Waals surface area (Å²) in [5.41, 5.74) is 3.61. The second-order valence-electron chi connectivity index (χ2n) is 5.30. The van der Waals surface area contributed by atoms with Crippen LogP contribution in [0.1, 0.15) is 16.1 Å². The van der Waals surface area contributed by atoms with Crippen molar-refractivity contribution in [2.24, 2.45) is 5.10 Å². The first-order valence-electron chi connectivity index (χ1n) is 7.78. The number of nitrogens with one attached hydrogen (secondary N) is 1. The lowest BCUT2D eigenvalue weighted by atomic mass is 10.2. The van der Waals surface area contributed by atoms with E-state index >= 15 is 0 Å². The van der Waals surface area contributed by atoms with E-state index in [9.17, 15) is 4.79 Å². The first-order chi connectivity index (χ1) is 12.7. The molecule has 3 aromatic rings. The summed E-state index contributed by atoms with van der Waals surface area (Å²) in [7, 11) is 4.67. The van der Waals surface area contributed by atoms with Crippen molar-refractivity contribution >= 4 is 23.1 Å². The Morgan fingerprint density at radius 3 is 2.58 bits per heavy atom. The molecule has 1 amide bonds. The third-order valence-corrected chi connectivity index (χ3v) is 3.76. The number of methoxy groups -OCH3 is 3. The van der Waals surface area contributed by atoms with E-state index in [1.54, 1.807) is 51.7 Å². The minimum Gasteiger partial charge on any atom is -0.497 e. The number of fused-ring (bicyclic) bond motifs is 1. The molecule has 0 saturated carbocycles. The van der Waals surface area contributed by atoms with Crippen molar-refractivity contribution < 1.29 is 23.4 Å². The van der Waals surface area contributed by atoms with Crippen molar-refractivity contribution in [2.45, 2.75) is 0 Å². The fourth-order valence-corrected chi connectivity index (χ4v) is 2.46. The number of carbonyl (C=O) groups is 1. The van der Waals surface area contributed by atoms with E-state index < -0.39 is 5.91 Å². The van der Waals surface area contributed by atoms with Gasteiger partial charge in [0.2, 0.25) is 0 Å². The van der Waals surface area contributed by atoms with Crippen LogP contribution in [0.5, 0.6) is 17.2 Å². The lowest BCUT2D eigenvalue weighted by molar-refractivity contribution is 0.0929. The Morgan fingerprint density at radius 1 is 1.04 bits per heavy atom. The zero-order chi connectivity index (χ0) is 18.5. The molecular formula is C19H18N2O5. The zero-order valence-corrected chi connectivity index (χ0v) is 14.6. The minimum absolute atomic E-state index is 0.138. The smallest absolute Gasteiger partial charge is 0.307 e. The molecule has 0 saturated heterocycles. The van der Waals surface area contributed by atoms with E-state index in [1.807, 2.05) is 12.1 Å². The zero-order valence-electron chi connectivity index (χ0n) is 14.6. The van der Waals surface area contributed by atoms with Gasteiger partial charge in [0.15, 0.2) is 17.1 Å². The van der Waals surface area contributed by atoms with Crippen LogP contribution in [0.3, 0.4) is 0 Å². The van der Waals surface area contributed by atoms with E-state index in [0.29, 0.717) is 28.4 Å². The summed E-state index contributed by atoms with van der Waals surface area (Å²) in [5, 5.41) is 4.73. The van der Waals surface area contributed by atoms with Crippen LogP contribution in [0.15, 0.2) is 52.0 Å². The van der Waals surface area contributed by atoms with Crippen LogP contribution in [0.25, 0.3) is 11.0 Å². The molecule has 7 heteroatoms. The molecule has 2 aromatic carbocycles. The van der Waals surface area contributed by atoms with E-state index in [2.05, 4.69) is 10.5 Å². The van der Waals surface area contributed by atoms with Crippen molar-refractivity contribution in [3.63, 3.8) is 0 Å². The predicted molar refractivity (Wildman–Crippen MR) is 97.4 cm³/mol. The monoisotopic (exact) mass is 354 g/mol. The Bertz CT molecular complexity index is 962. The first kappa shape index (κ1) is 17.3. The van der Waals surface area contributed by atoms with Gasteiger partial charge in [-0.25, -0.2) is 5.43 Å². The minimum atomic E-state index is -0.471. The van der Waals surface area contributed by atoms with Crippen LogP contribution in [0.2, 0.25) is 0 Å². The normalized spacial score (nSPS) is 10.9. The number of para-hydroxylation sites is 1. The maximum Gasteiger partial charge on any atom is 0.307 e. The molecule has 3 rings (SSSR count). The molecule has 0 fully saturated rings. The van der Waals surface area contributed by atoms with Crippen LogP contribution in [-0.4, -0.2) is 33.5 Å². The number of ether oxygens (including phenoxy) is 3. The van der Waals surface area contributed by atoms with Crippen LogP contribution in [0, 0.1) is 0 Å². The number of hydrazone groups is 1. The molecule has 0 spiro atoms. The lowest BCUT2D eigenvalue weighted by Gasteiger charge is -2.06.